The van der Waals surface area contributed by atoms with Gasteiger partial charge in [-0.3, -0.25) is 9.69 Å². The number of benzene rings is 1. The normalized spacial score (nSPS) is 24.5. The quantitative estimate of drug-likeness (QED) is 0.728. The number of rotatable bonds is 6. The van der Waals surface area contributed by atoms with Gasteiger partial charge in [0, 0.05) is 45.3 Å². The summed E-state index contributed by atoms with van der Waals surface area (Å²) in [5, 5.41) is 3.21. The van der Waals surface area contributed by atoms with E-state index < -0.39 is 0 Å². The van der Waals surface area contributed by atoms with Crippen molar-refractivity contribution in [1.82, 2.24) is 15.1 Å². The Labute approximate surface area is 148 Å². The second kappa shape index (κ2) is 8.60. The number of piperazine rings is 1. The molecule has 2 aliphatic heterocycles. The fourth-order valence-corrected chi connectivity index (χ4v) is 3.37. The number of ether oxygens (including phenoxy) is 1. The van der Waals surface area contributed by atoms with Crippen molar-refractivity contribution in [2.24, 2.45) is 5.73 Å². The molecule has 25 heavy (non-hydrogen) atoms. The van der Waals surface area contributed by atoms with E-state index in [2.05, 4.69) is 10.2 Å². The third-order valence-corrected chi connectivity index (χ3v) is 4.85. The molecule has 6 nitrogen and oxygen atoms in total. The molecule has 0 unspecified atom stereocenters. The van der Waals surface area contributed by atoms with E-state index in [0.717, 1.165) is 52.1 Å². The van der Waals surface area contributed by atoms with Crippen LogP contribution in [-0.2, 0) is 4.79 Å². The summed E-state index contributed by atoms with van der Waals surface area (Å²) >= 11 is 0. The van der Waals surface area contributed by atoms with Gasteiger partial charge in [0.1, 0.15) is 11.6 Å². The first-order chi connectivity index (χ1) is 12.1. The molecule has 0 bridgehead atoms. The molecule has 2 atom stereocenters. The molecule has 3 rings (SSSR count). The smallest absolute Gasteiger partial charge is 0.239 e. The summed E-state index contributed by atoms with van der Waals surface area (Å²) in [6.45, 7) is 5.59. The Hall–Kier alpha value is -1.70. The van der Waals surface area contributed by atoms with Crippen molar-refractivity contribution in [1.29, 1.82) is 0 Å². The van der Waals surface area contributed by atoms with Gasteiger partial charge in [-0.05, 0) is 37.1 Å². The first kappa shape index (κ1) is 18.1. The molecule has 0 aliphatic carbocycles. The highest BCUT2D eigenvalue weighted by atomic mass is 19.1. The lowest BCUT2D eigenvalue weighted by Gasteiger charge is -2.36. The standard InChI is InChI=1S/C18H27FN4O2/c19-14-2-4-16(5-3-14)25-11-1-6-22-7-9-23(10-8-22)18(24)17-12-15(20)13-21-17/h2-5,15,17,21H,1,6-13,20H2/t15-,17+/m1/s1. The minimum absolute atomic E-state index is 0.0938. The van der Waals surface area contributed by atoms with Crippen LogP contribution in [0.1, 0.15) is 12.8 Å². The number of hydrogen-bond donors (Lipinski definition) is 2. The number of hydrogen-bond acceptors (Lipinski definition) is 5. The fourth-order valence-electron chi connectivity index (χ4n) is 3.37. The van der Waals surface area contributed by atoms with E-state index in [1.54, 1.807) is 12.1 Å². The minimum atomic E-state index is -0.255. The van der Waals surface area contributed by atoms with Crippen molar-refractivity contribution >= 4 is 5.91 Å². The summed E-state index contributed by atoms with van der Waals surface area (Å²) in [4.78, 5) is 16.7. The number of halogens is 1. The summed E-state index contributed by atoms with van der Waals surface area (Å²) in [6, 6.07) is 6.07. The van der Waals surface area contributed by atoms with Crippen molar-refractivity contribution < 1.29 is 13.9 Å². The second-order valence-corrected chi connectivity index (χ2v) is 6.78. The Morgan fingerprint density at radius 1 is 1.24 bits per heavy atom. The predicted molar refractivity (Wildman–Crippen MR) is 93.9 cm³/mol. The van der Waals surface area contributed by atoms with E-state index >= 15 is 0 Å². The highest BCUT2D eigenvalue weighted by Crippen LogP contribution is 2.13. The van der Waals surface area contributed by atoms with E-state index in [4.69, 9.17) is 10.5 Å². The second-order valence-electron chi connectivity index (χ2n) is 6.78. The Balaban J connectivity index is 1.31. The van der Waals surface area contributed by atoms with Crippen LogP contribution in [0.5, 0.6) is 5.75 Å². The van der Waals surface area contributed by atoms with E-state index in [0.29, 0.717) is 12.4 Å². The zero-order valence-corrected chi connectivity index (χ0v) is 14.5. The van der Waals surface area contributed by atoms with E-state index in [9.17, 15) is 9.18 Å². The average molecular weight is 350 g/mol. The van der Waals surface area contributed by atoms with Gasteiger partial charge in [-0.15, -0.1) is 0 Å². The largest absolute Gasteiger partial charge is 0.494 e. The van der Waals surface area contributed by atoms with E-state index in [-0.39, 0.29) is 23.8 Å². The van der Waals surface area contributed by atoms with Crippen molar-refractivity contribution in [2.45, 2.75) is 24.9 Å². The monoisotopic (exact) mass is 350 g/mol. The number of nitrogens with two attached hydrogens (primary N) is 1. The van der Waals surface area contributed by atoms with Crippen molar-refractivity contribution in [3.63, 3.8) is 0 Å². The van der Waals surface area contributed by atoms with Gasteiger partial charge in [-0.25, -0.2) is 4.39 Å². The Kier molecular flexibility index (Phi) is 6.23. The first-order valence-electron chi connectivity index (χ1n) is 9.00. The molecule has 1 amide bonds. The lowest BCUT2D eigenvalue weighted by atomic mass is 10.1. The molecule has 138 valence electrons. The van der Waals surface area contributed by atoms with Crippen LogP contribution in [0.2, 0.25) is 0 Å². The molecule has 0 saturated carbocycles. The SMILES string of the molecule is N[C@H]1CN[C@H](C(=O)N2CCN(CCCOc3ccc(F)cc3)CC2)C1. The summed E-state index contributed by atoms with van der Waals surface area (Å²) in [6.07, 6.45) is 1.64. The highest BCUT2D eigenvalue weighted by Gasteiger charge is 2.31. The molecule has 0 radical (unpaired) electrons. The van der Waals surface area contributed by atoms with Crippen LogP contribution in [0.15, 0.2) is 24.3 Å². The molecule has 0 spiro atoms. The van der Waals surface area contributed by atoms with Gasteiger partial charge >= 0.3 is 0 Å². The zero-order valence-electron chi connectivity index (χ0n) is 14.5. The van der Waals surface area contributed by atoms with Gasteiger partial charge < -0.3 is 20.7 Å². The lowest BCUT2D eigenvalue weighted by Crippen LogP contribution is -2.53. The van der Waals surface area contributed by atoms with Crippen molar-refractivity contribution in [3.8, 4) is 5.75 Å². The van der Waals surface area contributed by atoms with Crippen LogP contribution in [0, 0.1) is 5.82 Å². The summed E-state index contributed by atoms with van der Waals surface area (Å²) in [7, 11) is 0. The van der Waals surface area contributed by atoms with Gasteiger partial charge in [0.2, 0.25) is 5.91 Å². The van der Waals surface area contributed by atoms with Crippen molar-refractivity contribution in [3.05, 3.63) is 30.1 Å². The highest BCUT2D eigenvalue weighted by molar-refractivity contribution is 5.82. The maximum absolute atomic E-state index is 12.8. The molecule has 2 heterocycles. The number of nitrogens with one attached hydrogen (secondary N) is 1. The van der Waals surface area contributed by atoms with Crippen LogP contribution < -0.4 is 15.8 Å². The molecule has 3 N–H and O–H groups in total. The summed E-state index contributed by atoms with van der Waals surface area (Å²) < 4.78 is 18.4. The zero-order chi connectivity index (χ0) is 17.6. The van der Waals surface area contributed by atoms with Gasteiger partial charge in [0.25, 0.3) is 0 Å². The Morgan fingerprint density at radius 3 is 2.60 bits per heavy atom. The molecule has 2 saturated heterocycles. The lowest BCUT2D eigenvalue weighted by molar-refractivity contribution is -0.134. The van der Waals surface area contributed by atoms with Crippen LogP contribution in [-0.4, -0.2) is 73.7 Å². The maximum Gasteiger partial charge on any atom is 0.239 e. The molecule has 7 heteroatoms. The maximum atomic E-state index is 12.8. The molecule has 2 fully saturated rings. The van der Waals surface area contributed by atoms with Crippen LogP contribution in [0.3, 0.4) is 0 Å². The van der Waals surface area contributed by atoms with E-state index in [1.165, 1.54) is 12.1 Å². The third-order valence-electron chi connectivity index (χ3n) is 4.85. The fraction of sp³-hybridized carbons (Fsp3) is 0.611. The number of carbonyl (C=O) groups is 1. The van der Waals surface area contributed by atoms with Gasteiger partial charge in [-0.1, -0.05) is 0 Å². The molecule has 0 aromatic heterocycles. The molecular formula is C18H27FN4O2. The van der Waals surface area contributed by atoms with Crippen molar-refractivity contribution in [2.75, 3.05) is 45.9 Å². The predicted octanol–water partition coefficient (Wildman–Crippen LogP) is 0.428. The topological polar surface area (TPSA) is 70.8 Å². The van der Waals surface area contributed by atoms with Gasteiger partial charge in [0.15, 0.2) is 0 Å². The molecule has 2 aliphatic rings. The third kappa shape index (κ3) is 5.14. The van der Waals surface area contributed by atoms with Crippen LogP contribution in [0.4, 0.5) is 4.39 Å². The molecule has 1 aromatic carbocycles. The van der Waals surface area contributed by atoms with Gasteiger partial charge in [-0.2, -0.15) is 0 Å². The minimum Gasteiger partial charge on any atom is -0.494 e. The Bertz CT molecular complexity index is 561. The number of carbonyl (C=O) groups excluding carboxylic acids is 1. The number of amides is 1. The van der Waals surface area contributed by atoms with Crippen LogP contribution >= 0.6 is 0 Å². The first-order valence-corrected chi connectivity index (χ1v) is 9.00. The summed E-state index contributed by atoms with van der Waals surface area (Å²) in [5.41, 5.74) is 5.86. The Morgan fingerprint density at radius 2 is 1.96 bits per heavy atom. The molecular weight excluding hydrogens is 323 g/mol. The van der Waals surface area contributed by atoms with Gasteiger partial charge in [0.05, 0.1) is 12.6 Å². The number of nitrogens with zero attached hydrogens (tertiary/aromatic N) is 2. The summed E-state index contributed by atoms with van der Waals surface area (Å²) in [5.74, 6) is 0.626. The average Bonchev–Trinajstić information content (AvgIpc) is 3.06. The van der Waals surface area contributed by atoms with Crippen LogP contribution in [0.25, 0.3) is 0 Å². The van der Waals surface area contributed by atoms with E-state index in [1.807, 2.05) is 4.90 Å². The molecule has 1 aromatic rings.